The van der Waals surface area contributed by atoms with E-state index in [-0.39, 0.29) is 21.5 Å². The first-order valence-corrected chi connectivity index (χ1v) is 7.74. The van der Waals surface area contributed by atoms with Crippen LogP contribution < -0.4 is 0 Å². The molecule has 1 heterocycles. The summed E-state index contributed by atoms with van der Waals surface area (Å²) in [5.41, 5.74) is 0.672. The van der Waals surface area contributed by atoms with Crippen LogP contribution in [0, 0.1) is 4.91 Å². The number of nitroso groups, excluding NO2 is 1. The molecule has 0 aromatic carbocycles. The third kappa shape index (κ3) is 4.84. The fraction of sp³-hybridized carbons (Fsp3) is 0.400. The molecule has 1 aromatic rings. The van der Waals surface area contributed by atoms with Crippen LogP contribution in [0.5, 0.6) is 0 Å². The fourth-order valence-electron chi connectivity index (χ4n) is 1.17. The van der Waals surface area contributed by atoms with Crippen LogP contribution in [0.2, 0.25) is 5.21 Å². The normalized spacial score (nSPS) is 10.7. The number of nitrogens with zero attached hydrogens (tertiary/aromatic N) is 2. The number of aromatic nitrogens is 1. The van der Waals surface area contributed by atoms with Gasteiger partial charge in [0.15, 0.2) is 0 Å². The van der Waals surface area contributed by atoms with Gasteiger partial charge in [-0.25, -0.2) is 0 Å². The van der Waals surface area contributed by atoms with E-state index in [1.54, 1.807) is 24.5 Å². The van der Waals surface area contributed by atoms with Gasteiger partial charge < -0.3 is 0 Å². The SMILES string of the molecule is O=NC[AsH]CCCC(=O)c1cccnc1. The molecule has 0 spiro atoms. The summed E-state index contributed by atoms with van der Waals surface area (Å²) in [6.07, 6.45) is 4.65. The van der Waals surface area contributed by atoms with Gasteiger partial charge in [-0.15, -0.1) is 0 Å². The van der Waals surface area contributed by atoms with E-state index in [2.05, 4.69) is 10.2 Å². The standard InChI is InChI=1S/C10H13AsN2O2/c14-10(4-1-5-11-8-13-15)9-3-2-6-12-7-9/h2-3,6-7,11H,1,4-5,8H2. The first kappa shape index (κ1) is 12.0. The average molecular weight is 268 g/mol. The maximum absolute atomic E-state index is 11.6. The molecule has 0 aliphatic rings. The Morgan fingerprint density at radius 3 is 3.07 bits per heavy atom. The van der Waals surface area contributed by atoms with Gasteiger partial charge in [0.1, 0.15) is 0 Å². The van der Waals surface area contributed by atoms with Gasteiger partial charge in [-0.3, -0.25) is 0 Å². The third-order valence-corrected chi connectivity index (χ3v) is 4.14. The molecule has 0 radical (unpaired) electrons. The van der Waals surface area contributed by atoms with Crippen molar-refractivity contribution >= 4 is 21.5 Å². The molecule has 4 nitrogen and oxygen atoms in total. The van der Waals surface area contributed by atoms with Crippen LogP contribution in [-0.2, 0) is 0 Å². The van der Waals surface area contributed by atoms with E-state index in [1.807, 2.05) is 0 Å². The molecule has 0 aliphatic carbocycles. The first-order chi connectivity index (χ1) is 7.34. The molecule has 0 saturated heterocycles. The van der Waals surface area contributed by atoms with Gasteiger partial charge in [0, 0.05) is 0 Å². The molecule has 0 fully saturated rings. The van der Waals surface area contributed by atoms with Crippen LogP contribution in [-0.4, -0.2) is 31.9 Å². The quantitative estimate of drug-likeness (QED) is 0.327. The van der Waals surface area contributed by atoms with Crippen LogP contribution in [0.25, 0.3) is 0 Å². The monoisotopic (exact) mass is 268 g/mol. The Labute approximate surface area is 95.1 Å². The van der Waals surface area contributed by atoms with Crippen molar-refractivity contribution in [3.63, 3.8) is 0 Å². The molecule has 0 bridgehead atoms. The van der Waals surface area contributed by atoms with Gasteiger partial charge in [0.2, 0.25) is 0 Å². The summed E-state index contributed by atoms with van der Waals surface area (Å²) in [7, 11) is 0. The Bertz CT molecular complexity index is 316. The molecule has 0 saturated carbocycles. The minimum atomic E-state index is -0.246. The number of carbonyl (C=O) groups is 1. The molecule has 1 atom stereocenters. The predicted octanol–water partition coefficient (Wildman–Crippen LogP) is 1.62. The first-order valence-electron chi connectivity index (χ1n) is 4.77. The van der Waals surface area contributed by atoms with Gasteiger partial charge in [-0.1, -0.05) is 0 Å². The van der Waals surface area contributed by atoms with Crippen molar-refractivity contribution in [2.45, 2.75) is 18.1 Å². The van der Waals surface area contributed by atoms with Crippen LogP contribution in [0.3, 0.4) is 0 Å². The number of Topliss-reactive ketones (excluding diaryl/α,β-unsaturated/α-hetero) is 1. The van der Waals surface area contributed by atoms with Gasteiger partial charge in [-0.05, 0) is 0 Å². The van der Waals surface area contributed by atoms with E-state index in [9.17, 15) is 9.70 Å². The maximum atomic E-state index is 11.6. The number of rotatable bonds is 7. The number of ketones is 1. The van der Waals surface area contributed by atoms with Crippen LogP contribution in [0.4, 0.5) is 0 Å². The molecular formula is C10H13AsN2O2. The van der Waals surface area contributed by atoms with Crippen molar-refractivity contribution in [2.75, 3.05) is 5.33 Å². The van der Waals surface area contributed by atoms with Crippen LogP contribution >= 0.6 is 0 Å². The van der Waals surface area contributed by atoms with E-state index in [4.69, 9.17) is 0 Å². The molecule has 5 heteroatoms. The van der Waals surface area contributed by atoms with Crippen molar-refractivity contribution in [3.8, 4) is 0 Å². The number of pyridine rings is 1. The third-order valence-electron chi connectivity index (χ3n) is 1.92. The molecule has 1 unspecified atom stereocenters. The summed E-state index contributed by atoms with van der Waals surface area (Å²) >= 11 is -0.246. The van der Waals surface area contributed by atoms with Crippen molar-refractivity contribution in [1.29, 1.82) is 0 Å². The Kier molecular flexibility index (Phi) is 5.86. The second kappa shape index (κ2) is 7.29. The molecular weight excluding hydrogens is 255 g/mol. The molecule has 0 N–H and O–H groups in total. The van der Waals surface area contributed by atoms with Crippen molar-refractivity contribution in [1.82, 2.24) is 4.98 Å². The predicted molar refractivity (Wildman–Crippen MR) is 60.4 cm³/mol. The van der Waals surface area contributed by atoms with Gasteiger partial charge in [-0.2, -0.15) is 0 Å². The summed E-state index contributed by atoms with van der Waals surface area (Å²) in [6.45, 7) is 0. The zero-order valence-corrected chi connectivity index (χ0v) is 10.4. The molecule has 0 aliphatic heterocycles. The topological polar surface area (TPSA) is 59.4 Å². The summed E-state index contributed by atoms with van der Waals surface area (Å²) in [4.78, 5) is 25.3. The molecule has 1 rings (SSSR count). The summed E-state index contributed by atoms with van der Waals surface area (Å²) in [5.74, 6) is 0.133. The van der Waals surface area contributed by atoms with E-state index in [0.717, 1.165) is 11.6 Å². The second-order valence-corrected chi connectivity index (χ2v) is 5.82. The number of hydrogen-bond donors (Lipinski definition) is 0. The Hall–Kier alpha value is -1.02. The summed E-state index contributed by atoms with van der Waals surface area (Å²) in [5, 5.41) is 4.29. The van der Waals surface area contributed by atoms with E-state index in [1.165, 1.54) is 0 Å². The fourth-order valence-corrected chi connectivity index (χ4v) is 2.59. The zero-order chi connectivity index (χ0) is 10.9. The molecule has 80 valence electrons. The van der Waals surface area contributed by atoms with E-state index in [0.29, 0.717) is 17.3 Å². The van der Waals surface area contributed by atoms with Crippen molar-refractivity contribution in [2.24, 2.45) is 5.18 Å². The van der Waals surface area contributed by atoms with Crippen LogP contribution in [0.1, 0.15) is 23.2 Å². The molecule has 0 amide bonds. The Balaban J connectivity index is 2.22. The minimum absolute atomic E-state index is 0.133. The van der Waals surface area contributed by atoms with Crippen molar-refractivity contribution < 1.29 is 4.79 Å². The number of hydrogen-bond acceptors (Lipinski definition) is 4. The van der Waals surface area contributed by atoms with Crippen molar-refractivity contribution in [3.05, 3.63) is 35.0 Å². The summed E-state index contributed by atoms with van der Waals surface area (Å²) in [6, 6.07) is 3.54. The molecule has 1 aromatic heterocycles. The number of carbonyl (C=O) groups excluding carboxylic acids is 1. The van der Waals surface area contributed by atoms with Gasteiger partial charge >= 0.3 is 94.9 Å². The van der Waals surface area contributed by atoms with Crippen LogP contribution in [0.15, 0.2) is 29.7 Å². The average Bonchev–Trinajstić information content (AvgIpc) is 2.30. The Morgan fingerprint density at radius 2 is 2.40 bits per heavy atom. The zero-order valence-electron chi connectivity index (χ0n) is 8.35. The molecule has 15 heavy (non-hydrogen) atoms. The van der Waals surface area contributed by atoms with E-state index < -0.39 is 0 Å². The van der Waals surface area contributed by atoms with Gasteiger partial charge in [0.05, 0.1) is 0 Å². The van der Waals surface area contributed by atoms with Gasteiger partial charge in [0.25, 0.3) is 0 Å². The van der Waals surface area contributed by atoms with E-state index >= 15 is 0 Å². The summed E-state index contributed by atoms with van der Waals surface area (Å²) < 4.78 is 0. The Morgan fingerprint density at radius 1 is 1.53 bits per heavy atom. The second-order valence-electron chi connectivity index (χ2n) is 3.06.